The molecule has 0 spiro atoms. The average molecular weight is 247 g/mol. The Morgan fingerprint density at radius 1 is 1.47 bits per heavy atom. The molecule has 92 valence electrons. The Labute approximate surface area is 109 Å². The van der Waals surface area contributed by atoms with Crippen LogP contribution in [0.3, 0.4) is 0 Å². The fourth-order valence-electron chi connectivity index (χ4n) is 2.32. The topological polar surface area (TPSA) is 12.0 Å². The Hall–Kier alpha value is -0.780. The summed E-state index contributed by atoms with van der Waals surface area (Å²) < 4.78 is 0. The van der Waals surface area contributed by atoms with E-state index in [1.807, 2.05) is 18.3 Å². The van der Waals surface area contributed by atoms with E-state index in [9.17, 15) is 0 Å². The first-order valence-electron chi connectivity index (χ1n) is 6.59. The summed E-state index contributed by atoms with van der Waals surface area (Å²) in [5.74, 6) is 6.22. The lowest BCUT2D eigenvalue weighted by atomic mass is 10.1. The lowest BCUT2D eigenvalue weighted by Crippen LogP contribution is -2.20. The van der Waals surface area contributed by atoms with Gasteiger partial charge in [0.1, 0.15) is 0 Å². The van der Waals surface area contributed by atoms with Crippen LogP contribution in [0.5, 0.6) is 0 Å². The van der Waals surface area contributed by atoms with Gasteiger partial charge in [0, 0.05) is 16.2 Å². The van der Waals surface area contributed by atoms with E-state index in [0.29, 0.717) is 6.04 Å². The molecule has 1 heterocycles. The zero-order valence-corrected chi connectivity index (χ0v) is 11.6. The van der Waals surface area contributed by atoms with E-state index >= 15 is 0 Å². The van der Waals surface area contributed by atoms with Crippen LogP contribution < -0.4 is 5.32 Å². The minimum absolute atomic E-state index is 0.443. The molecule has 0 aromatic carbocycles. The Morgan fingerprint density at radius 2 is 2.35 bits per heavy atom. The van der Waals surface area contributed by atoms with Gasteiger partial charge in [-0.25, -0.2) is 0 Å². The molecule has 1 nitrogen and oxygen atoms in total. The third-order valence-corrected chi connectivity index (χ3v) is 4.58. The maximum absolute atomic E-state index is 3.62. The second kappa shape index (κ2) is 6.23. The first-order valence-corrected chi connectivity index (χ1v) is 7.41. The number of aryl methyl sites for hydroxylation is 2. The number of rotatable bonds is 5. The van der Waals surface area contributed by atoms with Crippen molar-refractivity contribution in [2.24, 2.45) is 0 Å². The summed E-state index contributed by atoms with van der Waals surface area (Å²) in [6.07, 6.45) is 6.05. The van der Waals surface area contributed by atoms with Crippen molar-refractivity contribution in [1.82, 2.24) is 5.32 Å². The fourth-order valence-corrected chi connectivity index (χ4v) is 3.65. The van der Waals surface area contributed by atoms with E-state index < -0.39 is 0 Å². The summed E-state index contributed by atoms with van der Waals surface area (Å²) in [6, 6.07) is 2.86. The van der Waals surface area contributed by atoms with Crippen LogP contribution >= 0.6 is 11.3 Å². The SMILES string of the molecule is CC#CCC(NCCC)c1cc2c(s1)CCC2. The molecule has 1 aromatic rings. The van der Waals surface area contributed by atoms with Crippen LogP contribution in [0.2, 0.25) is 0 Å². The normalized spacial score (nSPS) is 15.2. The van der Waals surface area contributed by atoms with E-state index in [1.165, 1.54) is 30.6 Å². The van der Waals surface area contributed by atoms with Gasteiger partial charge >= 0.3 is 0 Å². The van der Waals surface area contributed by atoms with Crippen LogP contribution in [0.4, 0.5) is 0 Å². The van der Waals surface area contributed by atoms with Gasteiger partial charge in [0.05, 0.1) is 6.04 Å². The zero-order valence-electron chi connectivity index (χ0n) is 10.8. The maximum Gasteiger partial charge on any atom is 0.0525 e. The number of hydrogen-bond acceptors (Lipinski definition) is 2. The van der Waals surface area contributed by atoms with Crippen molar-refractivity contribution in [3.63, 3.8) is 0 Å². The average Bonchev–Trinajstić information content (AvgIpc) is 2.89. The van der Waals surface area contributed by atoms with E-state index in [1.54, 1.807) is 10.4 Å². The van der Waals surface area contributed by atoms with Gasteiger partial charge < -0.3 is 5.32 Å². The van der Waals surface area contributed by atoms with Gasteiger partial charge in [0.25, 0.3) is 0 Å². The predicted molar refractivity (Wildman–Crippen MR) is 75.4 cm³/mol. The summed E-state index contributed by atoms with van der Waals surface area (Å²) in [4.78, 5) is 3.11. The Morgan fingerprint density at radius 3 is 3.06 bits per heavy atom. The summed E-state index contributed by atoms with van der Waals surface area (Å²) in [5.41, 5.74) is 1.60. The monoisotopic (exact) mass is 247 g/mol. The summed E-state index contributed by atoms with van der Waals surface area (Å²) in [7, 11) is 0. The van der Waals surface area contributed by atoms with Crippen molar-refractivity contribution in [2.75, 3.05) is 6.54 Å². The number of nitrogens with one attached hydrogen (secondary N) is 1. The second-order valence-electron chi connectivity index (χ2n) is 4.59. The highest BCUT2D eigenvalue weighted by atomic mass is 32.1. The molecule has 0 aliphatic heterocycles. The van der Waals surface area contributed by atoms with Gasteiger partial charge in [-0.3, -0.25) is 0 Å². The van der Waals surface area contributed by atoms with E-state index in [-0.39, 0.29) is 0 Å². The molecule has 0 bridgehead atoms. The summed E-state index contributed by atoms with van der Waals surface area (Å²) >= 11 is 2.00. The number of thiophene rings is 1. The number of fused-ring (bicyclic) bond motifs is 1. The van der Waals surface area contributed by atoms with Crippen molar-refractivity contribution >= 4 is 11.3 Å². The predicted octanol–water partition coefficient (Wildman–Crippen LogP) is 3.69. The highest BCUT2D eigenvalue weighted by molar-refractivity contribution is 7.12. The van der Waals surface area contributed by atoms with Gasteiger partial charge in [0.15, 0.2) is 0 Å². The lowest BCUT2D eigenvalue weighted by Gasteiger charge is -2.14. The first kappa shape index (κ1) is 12.7. The lowest BCUT2D eigenvalue weighted by molar-refractivity contribution is 0.549. The second-order valence-corrected chi connectivity index (χ2v) is 5.76. The maximum atomic E-state index is 3.62. The van der Waals surface area contributed by atoms with Crippen LogP contribution in [0, 0.1) is 11.8 Å². The van der Waals surface area contributed by atoms with E-state index in [4.69, 9.17) is 0 Å². The third kappa shape index (κ3) is 3.12. The standard InChI is InChI=1S/C15H21NS/c1-3-5-8-13(16-10-4-2)15-11-12-7-6-9-14(12)17-15/h11,13,16H,4,6-10H2,1-2H3. The van der Waals surface area contributed by atoms with Crippen molar-refractivity contribution in [3.05, 3.63) is 21.4 Å². The van der Waals surface area contributed by atoms with Gasteiger partial charge in [0.2, 0.25) is 0 Å². The van der Waals surface area contributed by atoms with Crippen LogP contribution in [0.25, 0.3) is 0 Å². The minimum atomic E-state index is 0.443. The van der Waals surface area contributed by atoms with Crippen molar-refractivity contribution < 1.29 is 0 Å². The Kier molecular flexibility index (Phi) is 4.65. The molecule has 1 N–H and O–H groups in total. The molecule has 2 heteroatoms. The van der Waals surface area contributed by atoms with E-state index in [2.05, 4.69) is 30.1 Å². The molecule has 0 saturated carbocycles. The minimum Gasteiger partial charge on any atom is -0.308 e. The molecule has 0 amide bonds. The van der Waals surface area contributed by atoms with Gasteiger partial charge in [-0.1, -0.05) is 6.92 Å². The Balaban J connectivity index is 2.08. The highest BCUT2D eigenvalue weighted by Crippen LogP contribution is 2.34. The van der Waals surface area contributed by atoms with Crippen LogP contribution in [0.1, 0.15) is 54.5 Å². The largest absolute Gasteiger partial charge is 0.308 e. The van der Waals surface area contributed by atoms with Gasteiger partial charge in [-0.2, -0.15) is 0 Å². The molecule has 17 heavy (non-hydrogen) atoms. The quantitative estimate of drug-likeness (QED) is 0.782. The molecular formula is C15H21NS. The first-order chi connectivity index (χ1) is 8.35. The van der Waals surface area contributed by atoms with E-state index in [0.717, 1.165) is 13.0 Å². The highest BCUT2D eigenvalue weighted by Gasteiger charge is 2.19. The molecule has 1 aliphatic carbocycles. The smallest absolute Gasteiger partial charge is 0.0525 e. The van der Waals surface area contributed by atoms with Gasteiger partial charge in [-0.05, 0) is 50.8 Å². The molecule has 1 aromatic heterocycles. The molecule has 1 aliphatic rings. The number of hydrogen-bond donors (Lipinski definition) is 1. The molecule has 0 radical (unpaired) electrons. The third-order valence-electron chi connectivity index (χ3n) is 3.23. The fraction of sp³-hybridized carbons (Fsp3) is 0.600. The van der Waals surface area contributed by atoms with Crippen molar-refractivity contribution in [3.8, 4) is 11.8 Å². The van der Waals surface area contributed by atoms with Gasteiger partial charge in [-0.15, -0.1) is 23.2 Å². The molecule has 2 rings (SSSR count). The zero-order chi connectivity index (χ0) is 12.1. The molecule has 0 fully saturated rings. The molecule has 1 atom stereocenters. The Bertz CT molecular complexity index is 400. The summed E-state index contributed by atoms with van der Waals surface area (Å²) in [5, 5.41) is 3.62. The molecule has 0 saturated heterocycles. The summed E-state index contributed by atoms with van der Waals surface area (Å²) in [6.45, 7) is 5.22. The van der Waals surface area contributed by atoms with Crippen molar-refractivity contribution in [1.29, 1.82) is 0 Å². The van der Waals surface area contributed by atoms with Crippen LogP contribution in [0.15, 0.2) is 6.07 Å². The van der Waals surface area contributed by atoms with Crippen molar-refractivity contribution in [2.45, 2.75) is 52.0 Å². The molecular weight excluding hydrogens is 226 g/mol. The molecule has 1 unspecified atom stereocenters. The van der Waals surface area contributed by atoms with Crippen LogP contribution in [-0.4, -0.2) is 6.54 Å². The van der Waals surface area contributed by atoms with Crippen LogP contribution in [-0.2, 0) is 12.8 Å².